The Hall–Kier alpha value is -1.10. The van der Waals surface area contributed by atoms with E-state index in [9.17, 15) is 9.46 Å². The topological polar surface area (TPSA) is 67.0 Å². The van der Waals surface area contributed by atoms with E-state index in [0.29, 0.717) is 0 Å². The highest BCUT2D eigenvalue weighted by atomic mass is 32.1. The largest absolute Gasteiger partial charge is 0.340 e. The molecule has 1 unspecified atom stereocenters. The van der Waals surface area contributed by atoms with Crippen molar-refractivity contribution in [3.05, 3.63) is 30.9 Å². The Bertz CT molecular complexity index is 506. The van der Waals surface area contributed by atoms with E-state index in [4.69, 9.17) is 0 Å². The molecule has 0 aliphatic carbocycles. The van der Waals surface area contributed by atoms with E-state index in [-0.39, 0.29) is 6.29 Å². The molecule has 0 spiro atoms. The molecular weight excluding hydrogens is 245 g/mol. The van der Waals surface area contributed by atoms with Crippen molar-refractivity contribution in [3.8, 4) is 10.6 Å². The van der Waals surface area contributed by atoms with E-state index in [1.807, 2.05) is 12.1 Å². The summed E-state index contributed by atoms with van der Waals surface area (Å²) in [6.07, 6.45) is 5.17. The third-order valence-corrected chi connectivity index (χ3v) is 3.49. The minimum absolute atomic E-state index is 0.128. The van der Waals surface area contributed by atoms with Crippen LogP contribution in [0.25, 0.3) is 10.6 Å². The fourth-order valence-electron chi connectivity index (χ4n) is 1.30. The van der Waals surface area contributed by atoms with Crippen LogP contribution in [0, 0.1) is 0 Å². The van der Waals surface area contributed by atoms with E-state index in [2.05, 4.69) is 9.36 Å². The second-order valence-corrected chi connectivity index (χ2v) is 6.70. The van der Waals surface area contributed by atoms with Crippen molar-refractivity contribution in [2.45, 2.75) is 6.29 Å². The van der Waals surface area contributed by atoms with Gasteiger partial charge in [-0.2, -0.15) is 8.94 Å². The highest BCUT2D eigenvalue weighted by molar-refractivity contribution is 7.55. The van der Waals surface area contributed by atoms with Crippen LogP contribution >= 0.6 is 18.9 Å². The summed E-state index contributed by atoms with van der Waals surface area (Å²) >= 11 is 1.32. The summed E-state index contributed by atoms with van der Waals surface area (Å²) in [5, 5.41) is 0.843. The molecule has 84 valence electrons. The Morgan fingerprint density at radius 3 is 2.69 bits per heavy atom. The van der Waals surface area contributed by atoms with Gasteiger partial charge in [-0.25, -0.2) is 4.98 Å². The first-order valence-corrected chi connectivity index (χ1v) is 7.66. The average molecular weight is 256 g/mol. The maximum absolute atomic E-state index is 11.2. The van der Waals surface area contributed by atoms with Gasteiger partial charge >= 0.3 is 0 Å². The molecule has 0 amide bonds. The summed E-state index contributed by atoms with van der Waals surface area (Å²) in [6, 6.07) is 3.71. The fourth-order valence-corrected chi connectivity index (χ4v) is 2.62. The third kappa shape index (κ3) is 2.95. The molecule has 0 fully saturated rings. The zero-order valence-electron chi connectivity index (χ0n) is 8.65. The summed E-state index contributed by atoms with van der Waals surface area (Å²) in [5.74, 6) is 0. The van der Waals surface area contributed by atoms with Crippen LogP contribution in [0.1, 0.15) is 0 Å². The van der Waals surface area contributed by atoms with E-state index in [1.165, 1.54) is 24.5 Å². The molecule has 0 aliphatic heterocycles. The molecule has 2 rings (SSSR count). The first kappa shape index (κ1) is 11.4. The van der Waals surface area contributed by atoms with Crippen LogP contribution in [0.15, 0.2) is 30.9 Å². The molecule has 1 N–H and O–H groups in total. The summed E-state index contributed by atoms with van der Waals surface area (Å²) in [5.41, 5.74) is 0.961. The minimum atomic E-state index is -3.03. The molecule has 0 radical (unpaired) electrons. The number of pyridine rings is 1. The molecule has 16 heavy (non-hydrogen) atoms. The van der Waals surface area contributed by atoms with E-state index < -0.39 is 7.37 Å². The molecule has 1 atom stereocenters. The van der Waals surface area contributed by atoms with Crippen molar-refractivity contribution >= 4 is 18.9 Å². The molecule has 0 aromatic carbocycles. The second-order valence-electron chi connectivity index (χ2n) is 3.54. The number of nitrogens with zero attached hydrogens (tertiary/aromatic N) is 3. The maximum Gasteiger partial charge on any atom is 0.260 e. The van der Waals surface area contributed by atoms with Crippen molar-refractivity contribution in [1.82, 2.24) is 9.36 Å². The Kier molecular flexibility index (Phi) is 3.14. The van der Waals surface area contributed by atoms with Crippen LogP contribution in [0.2, 0.25) is 0 Å². The highest BCUT2D eigenvalue weighted by Gasteiger charge is 2.16. The molecule has 0 aliphatic rings. The van der Waals surface area contributed by atoms with Gasteiger partial charge in [0.05, 0.1) is 0 Å². The van der Waals surface area contributed by atoms with Crippen molar-refractivity contribution < 1.29 is 14.0 Å². The maximum atomic E-state index is 11.2. The van der Waals surface area contributed by atoms with Gasteiger partial charge in [-0.15, -0.1) is 0 Å². The minimum Gasteiger partial charge on any atom is -0.340 e. The molecule has 7 heteroatoms. The van der Waals surface area contributed by atoms with Gasteiger partial charge in [0.2, 0.25) is 6.29 Å². The summed E-state index contributed by atoms with van der Waals surface area (Å²) in [7, 11) is -3.03. The molecule has 2 aromatic rings. The van der Waals surface area contributed by atoms with E-state index >= 15 is 0 Å². The zero-order valence-corrected chi connectivity index (χ0v) is 10.4. The molecule has 0 saturated carbocycles. The lowest BCUT2D eigenvalue weighted by molar-refractivity contribution is -0.678. The van der Waals surface area contributed by atoms with Gasteiger partial charge < -0.3 is 4.89 Å². The molecule has 0 bridgehead atoms. The average Bonchev–Trinajstić information content (AvgIpc) is 2.69. The van der Waals surface area contributed by atoms with Gasteiger partial charge in [-0.3, -0.25) is 4.57 Å². The Morgan fingerprint density at radius 1 is 1.50 bits per heavy atom. The Morgan fingerprint density at radius 2 is 2.19 bits per heavy atom. The summed E-state index contributed by atoms with van der Waals surface area (Å²) in [4.78, 5) is 13.3. The first-order chi connectivity index (χ1) is 7.54. The molecule has 5 nitrogen and oxygen atoms in total. The van der Waals surface area contributed by atoms with Gasteiger partial charge in [0.15, 0.2) is 12.4 Å². The molecule has 2 aromatic heterocycles. The second kappa shape index (κ2) is 4.41. The standard InChI is InChI=1S/C9H10N3O2PS/c1-15(13,14)7-12-4-2-8(3-5-12)9-10-6-11-16-9/h2-6H,7H2,1H3/p+1. The normalized spacial score (nSPS) is 14.6. The lowest BCUT2D eigenvalue weighted by atomic mass is 10.3. The van der Waals surface area contributed by atoms with Crippen LogP contribution in [-0.2, 0) is 10.9 Å². The third-order valence-electron chi connectivity index (χ3n) is 1.93. The molecular formula is C9H11N3O2PS+. The smallest absolute Gasteiger partial charge is 0.260 e. The van der Waals surface area contributed by atoms with Crippen LogP contribution in [0.4, 0.5) is 0 Å². The van der Waals surface area contributed by atoms with Crippen LogP contribution in [0.3, 0.4) is 0 Å². The summed E-state index contributed by atoms with van der Waals surface area (Å²) < 4.78 is 16.8. The number of hydrogen-bond donors (Lipinski definition) is 1. The lowest BCUT2D eigenvalue weighted by Gasteiger charge is -2.00. The Labute approximate surface area is 97.0 Å². The van der Waals surface area contributed by atoms with Crippen molar-refractivity contribution in [2.24, 2.45) is 0 Å². The predicted molar refractivity (Wildman–Crippen MR) is 61.3 cm³/mol. The highest BCUT2D eigenvalue weighted by Crippen LogP contribution is 2.34. The summed E-state index contributed by atoms with van der Waals surface area (Å²) in [6.45, 7) is 1.35. The van der Waals surface area contributed by atoms with Crippen molar-refractivity contribution in [1.29, 1.82) is 0 Å². The van der Waals surface area contributed by atoms with Crippen LogP contribution in [-0.4, -0.2) is 20.9 Å². The van der Waals surface area contributed by atoms with Gasteiger partial charge in [0, 0.05) is 24.4 Å². The number of rotatable bonds is 3. The molecule has 0 saturated heterocycles. The van der Waals surface area contributed by atoms with Gasteiger partial charge in [-0.1, -0.05) is 0 Å². The fraction of sp³-hybridized carbons (Fsp3) is 0.222. The lowest BCUT2D eigenvalue weighted by Crippen LogP contribution is -2.32. The zero-order chi connectivity index (χ0) is 11.6. The predicted octanol–water partition coefficient (Wildman–Crippen LogP) is 1.35. The first-order valence-electron chi connectivity index (χ1n) is 4.60. The van der Waals surface area contributed by atoms with Gasteiger partial charge in [0.25, 0.3) is 7.37 Å². The SMILES string of the molecule is CP(=O)(O)C[n+]1ccc(-c2ncns2)cc1. The quantitative estimate of drug-likeness (QED) is 0.665. The van der Waals surface area contributed by atoms with Gasteiger partial charge in [0.1, 0.15) is 11.3 Å². The molecule has 2 heterocycles. The van der Waals surface area contributed by atoms with E-state index in [0.717, 1.165) is 10.6 Å². The Balaban J connectivity index is 2.20. The monoisotopic (exact) mass is 256 g/mol. The van der Waals surface area contributed by atoms with Crippen LogP contribution in [0.5, 0.6) is 0 Å². The van der Waals surface area contributed by atoms with E-state index in [1.54, 1.807) is 17.0 Å². The van der Waals surface area contributed by atoms with Crippen LogP contribution < -0.4 is 4.57 Å². The van der Waals surface area contributed by atoms with Crippen molar-refractivity contribution in [3.63, 3.8) is 0 Å². The van der Waals surface area contributed by atoms with Gasteiger partial charge in [-0.05, 0) is 11.5 Å². The number of hydrogen-bond acceptors (Lipinski definition) is 4. The van der Waals surface area contributed by atoms with Crippen molar-refractivity contribution in [2.75, 3.05) is 6.66 Å². The number of aromatic nitrogens is 3.